The van der Waals surface area contributed by atoms with Crippen LogP contribution in [0.4, 0.5) is 5.69 Å². The van der Waals surface area contributed by atoms with Crippen LogP contribution < -0.4 is 10.5 Å². The Hall–Kier alpha value is -1.27. The molecule has 2 N–H and O–H groups in total. The predicted molar refractivity (Wildman–Crippen MR) is 82.2 cm³/mol. The number of hydrogen-bond donors (Lipinski definition) is 1. The molecule has 0 spiro atoms. The predicted octanol–water partition coefficient (Wildman–Crippen LogP) is 1.96. The summed E-state index contributed by atoms with van der Waals surface area (Å²) >= 11 is 0. The summed E-state index contributed by atoms with van der Waals surface area (Å²) in [5.41, 5.74) is 6.15. The third-order valence-corrected chi connectivity index (χ3v) is 4.40. The first kappa shape index (κ1) is 16.8. The molecule has 1 aromatic rings. The van der Waals surface area contributed by atoms with Gasteiger partial charge in [-0.15, -0.1) is 0 Å². The fourth-order valence-corrected chi connectivity index (χ4v) is 2.98. The molecule has 5 nitrogen and oxygen atoms in total. The summed E-state index contributed by atoms with van der Waals surface area (Å²) in [5.74, 6) is 0.535. The van der Waals surface area contributed by atoms with Gasteiger partial charge in [-0.1, -0.05) is 26.8 Å². The molecule has 0 aromatic heterocycles. The lowest BCUT2D eigenvalue weighted by molar-refractivity contribution is 0.303. The Kier molecular flexibility index (Phi) is 5.42. The zero-order chi connectivity index (χ0) is 15.4. The smallest absolute Gasteiger partial charge is 0.217 e. The van der Waals surface area contributed by atoms with Crippen molar-refractivity contribution in [2.45, 2.75) is 20.8 Å². The third kappa shape index (κ3) is 5.79. The lowest BCUT2D eigenvalue weighted by Gasteiger charge is -2.26. The maximum Gasteiger partial charge on any atom is 0.217 e. The second-order valence-electron chi connectivity index (χ2n) is 6.05. The Bertz CT molecular complexity index is 536. The van der Waals surface area contributed by atoms with E-state index in [0.29, 0.717) is 18.0 Å². The number of nitrogens with zero attached hydrogens (tertiary/aromatic N) is 1. The Morgan fingerprint density at radius 3 is 2.50 bits per heavy atom. The minimum absolute atomic E-state index is 0.0472. The number of hydrogen-bond acceptors (Lipinski definition) is 4. The highest BCUT2D eigenvalue weighted by atomic mass is 32.2. The number of anilines is 1. The van der Waals surface area contributed by atoms with E-state index < -0.39 is 10.0 Å². The number of nitrogens with two attached hydrogens (primary N) is 1. The van der Waals surface area contributed by atoms with Crippen LogP contribution >= 0.6 is 0 Å². The number of ether oxygens (including phenoxy) is 1. The molecule has 1 rings (SSSR count). The van der Waals surface area contributed by atoms with Crippen LogP contribution in [0.2, 0.25) is 0 Å². The molecule has 0 aliphatic carbocycles. The van der Waals surface area contributed by atoms with Crippen molar-refractivity contribution < 1.29 is 13.2 Å². The molecule has 0 bridgehead atoms. The molecule has 0 heterocycles. The number of sulfonamides is 1. The van der Waals surface area contributed by atoms with Gasteiger partial charge in [0.2, 0.25) is 10.0 Å². The van der Waals surface area contributed by atoms with Gasteiger partial charge in [-0.3, -0.25) is 0 Å². The van der Waals surface area contributed by atoms with E-state index in [9.17, 15) is 8.42 Å². The molecule has 0 unspecified atom stereocenters. The van der Waals surface area contributed by atoms with E-state index in [0.717, 1.165) is 0 Å². The molecule has 1 aromatic carbocycles. The number of rotatable bonds is 6. The van der Waals surface area contributed by atoms with Crippen molar-refractivity contribution in [3.63, 3.8) is 0 Å². The van der Waals surface area contributed by atoms with E-state index in [2.05, 4.69) is 0 Å². The Morgan fingerprint density at radius 2 is 1.95 bits per heavy atom. The molecule has 0 saturated carbocycles. The molecular weight excluding hydrogens is 276 g/mol. The van der Waals surface area contributed by atoms with Gasteiger partial charge >= 0.3 is 0 Å². The van der Waals surface area contributed by atoms with Crippen LogP contribution in [-0.2, 0) is 10.0 Å². The molecule has 20 heavy (non-hydrogen) atoms. The van der Waals surface area contributed by atoms with Crippen molar-refractivity contribution in [3.8, 4) is 5.75 Å². The topological polar surface area (TPSA) is 72.6 Å². The second kappa shape index (κ2) is 6.45. The van der Waals surface area contributed by atoms with Gasteiger partial charge < -0.3 is 10.5 Å². The van der Waals surface area contributed by atoms with E-state index in [1.54, 1.807) is 31.3 Å². The number of nitrogen functional groups attached to an aromatic ring is 1. The third-order valence-electron chi connectivity index (χ3n) is 2.64. The van der Waals surface area contributed by atoms with Crippen molar-refractivity contribution in [2.24, 2.45) is 5.41 Å². The van der Waals surface area contributed by atoms with Gasteiger partial charge in [0, 0.05) is 25.3 Å². The van der Waals surface area contributed by atoms with Crippen LogP contribution in [-0.4, -0.2) is 38.7 Å². The van der Waals surface area contributed by atoms with Gasteiger partial charge in [0.1, 0.15) is 12.4 Å². The fraction of sp³-hybridized carbons (Fsp3) is 0.571. The molecule has 0 radical (unpaired) electrons. The highest BCUT2D eigenvalue weighted by Gasteiger charge is 2.23. The van der Waals surface area contributed by atoms with Crippen molar-refractivity contribution in [1.82, 2.24) is 4.31 Å². The summed E-state index contributed by atoms with van der Waals surface area (Å²) in [6, 6.07) is 6.94. The van der Waals surface area contributed by atoms with Gasteiger partial charge in [-0.2, -0.15) is 0 Å². The maximum absolute atomic E-state index is 12.1. The largest absolute Gasteiger partial charge is 0.492 e. The van der Waals surface area contributed by atoms with Crippen molar-refractivity contribution in [2.75, 3.05) is 31.7 Å². The lowest BCUT2D eigenvalue weighted by atomic mass is 9.97. The Morgan fingerprint density at radius 1 is 1.30 bits per heavy atom. The van der Waals surface area contributed by atoms with Crippen LogP contribution in [0.1, 0.15) is 20.8 Å². The molecule has 0 saturated heterocycles. The van der Waals surface area contributed by atoms with E-state index in [1.807, 2.05) is 20.8 Å². The van der Waals surface area contributed by atoms with E-state index in [-0.39, 0.29) is 17.8 Å². The average Bonchev–Trinajstić information content (AvgIpc) is 2.26. The summed E-state index contributed by atoms with van der Waals surface area (Å²) < 4.78 is 31.0. The highest BCUT2D eigenvalue weighted by Crippen LogP contribution is 2.17. The van der Waals surface area contributed by atoms with E-state index in [4.69, 9.17) is 10.5 Å². The van der Waals surface area contributed by atoms with Crippen molar-refractivity contribution >= 4 is 15.7 Å². The second-order valence-corrected chi connectivity index (χ2v) is 8.25. The first-order chi connectivity index (χ1) is 9.10. The zero-order valence-electron chi connectivity index (χ0n) is 12.6. The lowest BCUT2D eigenvalue weighted by Crippen LogP contribution is -2.37. The standard InChI is InChI=1S/C14H24N2O3S/c1-14(2,3)11-16(4)20(17,18)9-8-19-13-7-5-6-12(15)10-13/h5-7,10H,8-9,11,15H2,1-4H3. The first-order valence-electron chi connectivity index (χ1n) is 6.52. The summed E-state index contributed by atoms with van der Waals surface area (Å²) in [5, 5.41) is 0. The van der Waals surface area contributed by atoms with Crippen LogP contribution in [0.25, 0.3) is 0 Å². The van der Waals surface area contributed by atoms with Crippen LogP contribution in [0.5, 0.6) is 5.75 Å². The minimum Gasteiger partial charge on any atom is -0.492 e. The van der Waals surface area contributed by atoms with Crippen LogP contribution in [0.15, 0.2) is 24.3 Å². The number of benzene rings is 1. The van der Waals surface area contributed by atoms with Gasteiger partial charge in [0.15, 0.2) is 0 Å². The molecular formula is C14H24N2O3S. The fourth-order valence-electron chi connectivity index (χ4n) is 1.79. The van der Waals surface area contributed by atoms with Gasteiger partial charge in [0.25, 0.3) is 0 Å². The van der Waals surface area contributed by atoms with Crippen LogP contribution in [0.3, 0.4) is 0 Å². The monoisotopic (exact) mass is 300 g/mol. The van der Waals surface area contributed by atoms with Crippen molar-refractivity contribution in [1.29, 1.82) is 0 Å². The Balaban J connectivity index is 2.51. The zero-order valence-corrected chi connectivity index (χ0v) is 13.4. The van der Waals surface area contributed by atoms with Gasteiger partial charge in [-0.25, -0.2) is 12.7 Å². The summed E-state index contributed by atoms with van der Waals surface area (Å²) in [6.45, 7) is 6.60. The summed E-state index contributed by atoms with van der Waals surface area (Å²) in [6.07, 6.45) is 0. The molecule has 114 valence electrons. The minimum atomic E-state index is -3.30. The van der Waals surface area contributed by atoms with E-state index >= 15 is 0 Å². The SMILES string of the molecule is CN(CC(C)(C)C)S(=O)(=O)CCOc1cccc(N)c1. The van der Waals surface area contributed by atoms with Gasteiger partial charge in [-0.05, 0) is 17.5 Å². The quantitative estimate of drug-likeness (QED) is 0.815. The highest BCUT2D eigenvalue weighted by molar-refractivity contribution is 7.89. The normalized spacial score (nSPS) is 12.7. The molecule has 0 atom stereocenters. The molecule has 0 amide bonds. The molecule has 0 aliphatic rings. The average molecular weight is 300 g/mol. The van der Waals surface area contributed by atoms with E-state index in [1.165, 1.54) is 4.31 Å². The molecule has 6 heteroatoms. The maximum atomic E-state index is 12.1. The van der Waals surface area contributed by atoms with Gasteiger partial charge in [0.05, 0.1) is 5.75 Å². The summed E-state index contributed by atoms with van der Waals surface area (Å²) in [4.78, 5) is 0. The van der Waals surface area contributed by atoms with Crippen LogP contribution in [0, 0.1) is 5.41 Å². The summed E-state index contributed by atoms with van der Waals surface area (Å²) in [7, 11) is -1.70. The molecule has 0 aliphatic heterocycles. The Labute approximate surface area is 121 Å². The molecule has 0 fully saturated rings. The first-order valence-corrected chi connectivity index (χ1v) is 8.13. The van der Waals surface area contributed by atoms with Crippen molar-refractivity contribution in [3.05, 3.63) is 24.3 Å².